The zero-order valence-electron chi connectivity index (χ0n) is 69.8. The minimum atomic E-state index is -0.394. The van der Waals surface area contributed by atoms with Crippen molar-refractivity contribution in [3.05, 3.63) is 94.0 Å². The van der Waals surface area contributed by atoms with E-state index in [0.29, 0.717) is 82.3 Å². The summed E-state index contributed by atoms with van der Waals surface area (Å²) in [5, 5.41) is 5.52. The average molecular weight is 1490 g/mol. The Morgan fingerprint density at radius 1 is 0.361 bits per heavy atom. The van der Waals surface area contributed by atoms with Crippen molar-refractivity contribution in [1.82, 2.24) is 20.3 Å². The largest absolute Gasteiger partial charge is 0.493 e. The number of hydrogen-bond acceptors (Lipinski definition) is 12. The van der Waals surface area contributed by atoms with Crippen LogP contribution in [0.15, 0.2) is 60.7 Å². The van der Waals surface area contributed by atoms with Crippen molar-refractivity contribution in [2.45, 2.75) is 314 Å². The number of nitrogens with zero attached hydrogens (tertiary/aromatic N) is 3. The van der Waals surface area contributed by atoms with Crippen LogP contribution < -0.4 is 49.5 Å². The second-order valence-corrected chi connectivity index (χ2v) is 30.8. The molecule has 4 N–H and O–H groups in total. The Morgan fingerprint density at radius 2 is 0.685 bits per heavy atom. The van der Waals surface area contributed by atoms with Gasteiger partial charge in [-0.1, -0.05) is 349 Å². The fourth-order valence-corrected chi connectivity index (χ4v) is 12.4. The van der Waals surface area contributed by atoms with Crippen molar-refractivity contribution >= 4 is 54.4 Å². The SMILES string of the molecule is CCCCCCCCCCCCOc1cc(C=Cc2cc(OCC(C)CC)c(C=Cc3cc(OCC(C)CC)c(C=Cc4ccc(-c5nc(N)nc(NC(=O)NCCCC)n5)cc4)cc3OCC(C)CC)cc2OCC(C)CC)cc(OCCCCCCCCCCCC)c1OCCCCCCCCCCCC. The summed E-state index contributed by atoms with van der Waals surface area (Å²) in [6.45, 7) is 31.3. The number of hydrogen-bond donors (Lipinski definition) is 3. The summed E-state index contributed by atoms with van der Waals surface area (Å²) < 4.78 is 48.1. The molecule has 0 spiro atoms. The maximum atomic E-state index is 12.6. The van der Waals surface area contributed by atoms with Gasteiger partial charge < -0.3 is 44.2 Å². The molecule has 14 heteroatoms. The van der Waals surface area contributed by atoms with Crippen molar-refractivity contribution in [1.29, 1.82) is 0 Å². The van der Waals surface area contributed by atoms with E-state index < -0.39 is 6.03 Å². The van der Waals surface area contributed by atoms with Crippen molar-refractivity contribution < 1.29 is 38.0 Å². The van der Waals surface area contributed by atoms with Gasteiger partial charge in [0.15, 0.2) is 17.3 Å². The minimum Gasteiger partial charge on any atom is -0.493 e. The Morgan fingerprint density at radius 3 is 1.04 bits per heavy atom. The van der Waals surface area contributed by atoms with Gasteiger partial charge in [0, 0.05) is 34.4 Å². The van der Waals surface area contributed by atoms with Crippen LogP contribution in [0.5, 0.6) is 40.2 Å². The first-order valence-electron chi connectivity index (χ1n) is 43.4. The summed E-state index contributed by atoms with van der Waals surface area (Å²) >= 11 is 0. The molecule has 108 heavy (non-hydrogen) atoms. The fraction of sp³-hybridized carbons (Fsp3) is 0.638. The van der Waals surface area contributed by atoms with Crippen molar-refractivity contribution in [3.63, 3.8) is 0 Å². The highest BCUT2D eigenvalue weighted by Gasteiger charge is 2.20. The molecule has 2 amide bonds. The van der Waals surface area contributed by atoms with E-state index in [4.69, 9.17) is 38.9 Å². The molecule has 4 unspecified atom stereocenters. The first kappa shape index (κ1) is 91.4. The van der Waals surface area contributed by atoms with E-state index in [1.165, 1.54) is 154 Å². The predicted molar refractivity (Wildman–Crippen MR) is 460 cm³/mol. The Labute approximate surface area is 656 Å². The van der Waals surface area contributed by atoms with E-state index in [1.54, 1.807) is 0 Å². The zero-order chi connectivity index (χ0) is 77.6. The molecule has 1 aromatic heterocycles. The van der Waals surface area contributed by atoms with Crippen LogP contribution >= 0.6 is 0 Å². The second kappa shape index (κ2) is 56.9. The van der Waals surface area contributed by atoms with Gasteiger partial charge in [0.1, 0.15) is 23.0 Å². The summed E-state index contributed by atoms with van der Waals surface area (Å²) in [5.74, 6) is 7.03. The van der Waals surface area contributed by atoms with Gasteiger partial charge in [-0.05, 0) is 96.9 Å². The first-order chi connectivity index (χ1) is 52.7. The first-order valence-corrected chi connectivity index (χ1v) is 43.4. The molecule has 0 aliphatic heterocycles. The van der Waals surface area contributed by atoms with Crippen LogP contribution in [-0.4, -0.2) is 73.8 Å². The van der Waals surface area contributed by atoms with Crippen molar-refractivity contribution in [3.8, 4) is 51.6 Å². The van der Waals surface area contributed by atoms with E-state index >= 15 is 0 Å². The maximum Gasteiger partial charge on any atom is 0.321 e. The highest BCUT2D eigenvalue weighted by Crippen LogP contribution is 2.42. The van der Waals surface area contributed by atoms with Crippen LogP contribution in [0.1, 0.15) is 348 Å². The summed E-state index contributed by atoms with van der Waals surface area (Å²) in [5.41, 5.74) is 12.3. The molecule has 602 valence electrons. The summed E-state index contributed by atoms with van der Waals surface area (Å²) in [6.07, 6.45) is 56.6. The Hall–Kier alpha value is -7.22. The van der Waals surface area contributed by atoms with Crippen LogP contribution in [-0.2, 0) is 0 Å². The third-order valence-corrected chi connectivity index (χ3v) is 20.7. The zero-order valence-corrected chi connectivity index (χ0v) is 69.8. The lowest BCUT2D eigenvalue weighted by Crippen LogP contribution is -2.30. The number of amides is 2. The molecule has 1 heterocycles. The molecule has 0 fully saturated rings. The molecule has 0 aliphatic rings. The third kappa shape index (κ3) is 37.9. The maximum absolute atomic E-state index is 12.6. The van der Waals surface area contributed by atoms with Gasteiger partial charge in [-0.15, -0.1) is 0 Å². The summed E-state index contributed by atoms with van der Waals surface area (Å²) in [7, 11) is 0. The Bertz CT molecular complexity index is 3250. The number of carbonyl (C=O) groups is 1. The minimum absolute atomic E-state index is 0.0107. The summed E-state index contributed by atoms with van der Waals surface area (Å²) in [4.78, 5) is 25.6. The Kier molecular flexibility index (Phi) is 48.2. The standard InChI is InChI=1S/C94H148N6O8/c1-13-21-25-28-31-34-37-40-43-46-60-102-88-63-78(64-89(103-61-47-44-41-38-35-32-29-26-22-14-2)90(88)104-62-48-45-42-39-36-33-30-27-23-15-3)52-56-81-66-87(108-72-76(12)20-8)83(68-85(81)106-70-74(10)18-6)58-57-82-67-84(105-69-73(9)17-5)80(65-86(82)107-71-75(11)19-7)55-51-77-49-53-79(54-50-77)91-97-92(95)99-93(98-91)100-94(101)96-59-24-16-4/h49-58,63-68,73-76H,13-48,59-62,69-72H2,1-12H3,(H4,95,96,97,98,99,100,101). The molecular weight excluding hydrogens is 1340 g/mol. The molecule has 5 rings (SSSR count). The smallest absolute Gasteiger partial charge is 0.321 e. The number of anilines is 2. The predicted octanol–water partition coefficient (Wildman–Crippen LogP) is 27.2. The lowest BCUT2D eigenvalue weighted by molar-refractivity contribution is 0.234. The number of nitrogens with one attached hydrogen (secondary N) is 2. The molecule has 4 atom stereocenters. The van der Waals surface area contributed by atoms with Crippen LogP contribution in [0.25, 0.3) is 47.8 Å². The lowest BCUT2D eigenvalue weighted by Gasteiger charge is -2.19. The fourth-order valence-electron chi connectivity index (χ4n) is 12.4. The topological polar surface area (TPSA) is 170 Å². The molecule has 0 saturated carbocycles. The van der Waals surface area contributed by atoms with Crippen LogP contribution in [0.3, 0.4) is 0 Å². The van der Waals surface area contributed by atoms with E-state index in [-0.39, 0.29) is 11.9 Å². The highest BCUT2D eigenvalue weighted by atomic mass is 16.5. The Balaban J connectivity index is 1.57. The van der Waals surface area contributed by atoms with Gasteiger partial charge in [0.2, 0.25) is 17.6 Å². The van der Waals surface area contributed by atoms with Crippen molar-refractivity contribution in [2.24, 2.45) is 23.7 Å². The van der Waals surface area contributed by atoms with E-state index in [9.17, 15) is 4.79 Å². The van der Waals surface area contributed by atoms with Gasteiger partial charge in [0.25, 0.3) is 0 Å². The number of nitrogen functional groups attached to an aromatic ring is 1. The van der Waals surface area contributed by atoms with Gasteiger partial charge in [-0.25, -0.2) is 4.79 Å². The molecule has 0 bridgehead atoms. The monoisotopic (exact) mass is 1490 g/mol. The molecule has 0 radical (unpaired) electrons. The molecule has 4 aromatic carbocycles. The van der Waals surface area contributed by atoms with E-state index in [0.717, 1.165) is 156 Å². The van der Waals surface area contributed by atoms with E-state index in [2.05, 4.69) is 182 Å². The number of benzene rings is 4. The van der Waals surface area contributed by atoms with Crippen LogP contribution in [0.2, 0.25) is 0 Å². The van der Waals surface area contributed by atoms with E-state index in [1.807, 2.05) is 24.3 Å². The number of carbonyl (C=O) groups excluding carboxylic acids is 1. The number of ether oxygens (including phenoxy) is 7. The average Bonchev–Trinajstić information content (AvgIpc) is 0.819. The van der Waals surface area contributed by atoms with Gasteiger partial charge in [-0.3, -0.25) is 5.32 Å². The molecule has 5 aromatic rings. The normalized spacial score (nSPS) is 12.8. The molecular formula is C94H148N6O8. The number of rotatable bonds is 63. The molecule has 14 nitrogen and oxygen atoms in total. The number of urea groups is 1. The lowest BCUT2D eigenvalue weighted by atomic mass is 10.0. The highest BCUT2D eigenvalue weighted by molar-refractivity contribution is 5.88. The number of unbranched alkanes of at least 4 members (excludes halogenated alkanes) is 28. The molecule has 0 aliphatic carbocycles. The number of aromatic nitrogens is 3. The third-order valence-electron chi connectivity index (χ3n) is 20.7. The van der Waals surface area contributed by atoms with Crippen LogP contribution in [0, 0.1) is 23.7 Å². The van der Waals surface area contributed by atoms with Gasteiger partial charge in [-0.2, -0.15) is 15.0 Å². The van der Waals surface area contributed by atoms with Crippen LogP contribution in [0.4, 0.5) is 16.7 Å². The summed E-state index contributed by atoms with van der Waals surface area (Å²) in [6, 6.07) is 20.3. The van der Waals surface area contributed by atoms with Crippen molar-refractivity contribution in [2.75, 3.05) is 63.8 Å². The van der Waals surface area contributed by atoms with Gasteiger partial charge in [0.05, 0.1) is 46.2 Å². The quantitative estimate of drug-likeness (QED) is 0.0249. The van der Waals surface area contributed by atoms with Gasteiger partial charge >= 0.3 is 6.03 Å². The molecule has 0 saturated heterocycles. The second-order valence-electron chi connectivity index (χ2n) is 30.8. The number of nitrogens with two attached hydrogens (primary N) is 1.